The molecule has 1 aromatic carbocycles. The molecule has 1 aliphatic heterocycles. The highest BCUT2D eigenvalue weighted by atomic mass is 16.1. The van der Waals surface area contributed by atoms with Gasteiger partial charge in [-0.2, -0.15) is 0 Å². The molecule has 1 unspecified atom stereocenters. The highest BCUT2D eigenvalue weighted by Gasteiger charge is 2.26. The fraction of sp³-hybridized carbons (Fsp3) is 0.333. The first-order chi connectivity index (χ1) is 10.8. The summed E-state index contributed by atoms with van der Waals surface area (Å²) in [6.45, 7) is 0.831. The van der Waals surface area contributed by atoms with Crippen molar-refractivity contribution in [1.82, 2.24) is 9.88 Å². The molecule has 1 fully saturated rings. The van der Waals surface area contributed by atoms with Gasteiger partial charge >= 0.3 is 0 Å². The van der Waals surface area contributed by atoms with Crippen molar-refractivity contribution in [3.63, 3.8) is 0 Å². The summed E-state index contributed by atoms with van der Waals surface area (Å²) in [5.74, 6) is 0.924. The first kappa shape index (κ1) is 14.6. The Labute approximate surface area is 131 Å². The van der Waals surface area contributed by atoms with E-state index in [9.17, 15) is 4.79 Å². The number of rotatable bonds is 4. The van der Waals surface area contributed by atoms with Crippen molar-refractivity contribution in [1.29, 1.82) is 0 Å². The third-order valence-electron chi connectivity index (χ3n) is 4.32. The minimum Gasteiger partial charge on any atom is -0.338 e. The molecule has 4 nitrogen and oxygen atoms in total. The van der Waals surface area contributed by atoms with E-state index in [0.717, 1.165) is 49.3 Å². The van der Waals surface area contributed by atoms with Gasteiger partial charge in [0.2, 0.25) is 6.41 Å². The minimum absolute atomic E-state index is 0.126. The number of carbonyl (C=O) groups excluding carboxylic acids is 1. The van der Waals surface area contributed by atoms with Gasteiger partial charge in [-0.1, -0.05) is 24.3 Å². The lowest BCUT2D eigenvalue weighted by molar-refractivity contribution is -0.121. The Morgan fingerprint density at radius 2 is 2.00 bits per heavy atom. The summed E-state index contributed by atoms with van der Waals surface area (Å²) in [4.78, 5) is 20.0. The number of carbonyl (C=O) groups is 1. The van der Waals surface area contributed by atoms with Crippen LogP contribution in [0.3, 0.4) is 0 Å². The molecule has 1 aromatic heterocycles. The Kier molecular flexibility index (Phi) is 4.37. The number of para-hydroxylation sites is 1. The van der Waals surface area contributed by atoms with Crippen LogP contribution in [-0.2, 0) is 4.79 Å². The molecule has 2 aromatic rings. The van der Waals surface area contributed by atoms with Gasteiger partial charge in [0.15, 0.2) is 0 Å². The zero-order valence-electron chi connectivity index (χ0n) is 12.9. The van der Waals surface area contributed by atoms with Crippen molar-refractivity contribution < 1.29 is 4.79 Å². The van der Waals surface area contributed by atoms with Crippen LogP contribution in [0.25, 0.3) is 0 Å². The maximum absolute atomic E-state index is 11.4. The molecule has 2 heterocycles. The van der Waals surface area contributed by atoms with Gasteiger partial charge in [0.05, 0.1) is 6.04 Å². The van der Waals surface area contributed by atoms with Crippen LogP contribution in [0.1, 0.15) is 30.9 Å². The van der Waals surface area contributed by atoms with E-state index in [-0.39, 0.29) is 6.04 Å². The predicted molar refractivity (Wildman–Crippen MR) is 88.1 cm³/mol. The number of aromatic nitrogens is 1. The second-order valence-electron chi connectivity index (χ2n) is 5.67. The second-order valence-corrected chi connectivity index (χ2v) is 5.67. The molecule has 0 radical (unpaired) electrons. The van der Waals surface area contributed by atoms with Gasteiger partial charge in [-0.15, -0.1) is 0 Å². The van der Waals surface area contributed by atoms with Gasteiger partial charge in [0, 0.05) is 31.0 Å². The van der Waals surface area contributed by atoms with Crippen LogP contribution in [0.5, 0.6) is 0 Å². The van der Waals surface area contributed by atoms with E-state index in [1.54, 1.807) is 0 Å². The topological polar surface area (TPSA) is 36.4 Å². The SMILES string of the molecule is CN(c1ccccc1)c1ncccc1C1CCCCN1C=O. The van der Waals surface area contributed by atoms with E-state index in [1.807, 2.05) is 42.4 Å². The molecule has 1 amide bonds. The zero-order chi connectivity index (χ0) is 15.4. The highest BCUT2D eigenvalue weighted by molar-refractivity contribution is 5.63. The summed E-state index contributed by atoms with van der Waals surface area (Å²) >= 11 is 0. The molecule has 0 N–H and O–H groups in total. The maximum Gasteiger partial charge on any atom is 0.210 e. The van der Waals surface area contributed by atoms with Crippen molar-refractivity contribution in [3.05, 3.63) is 54.2 Å². The van der Waals surface area contributed by atoms with E-state index in [0.29, 0.717) is 0 Å². The number of amides is 1. The largest absolute Gasteiger partial charge is 0.338 e. The Balaban J connectivity index is 1.97. The van der Waals surface area contributed by atoms with Crippen LogP contribution in [0, 0.1) is 0 Å². The molecule has 1 saturated heterocycles. The van der Waals surface area contributed by atoms with E-state index >= 15 is 0 Å². The van der Waals surface area contributed by atoms with Crippen LogP contribution in [0.15, 0.2) is 48.7 Å². The van der Waals surface area contributed by atoms with Gasteiger partial charge in [-0.05, 0) is 37.5 Å². The normalized spacial score (nSPS) is 18.0. The van der Waals surface area contributed by atoms with E-state index in [1.165, 1.54) is 0 Å². The molecule has 3 rings (SSSR count). The third kappa shape index (κ3) is 2.82. The Hall–Kier alpha value is -2.36. The average molecular weight is 295 g/mol. The number of pyridine rings is 1. The standard InChI is InChI=1S/C18H21N3O/c1-20(15-8-3-2-4-9-15)18-16(10-7-12-19-18)17-11-5-6-13-21(17)14-22/h2-4,7-10,12,14,17H,5-6,11,13H2,1H3. The van der Waals surface area contributed by atoms with Gasteiger partial charge in [0.1, 0.15) is 5.82 Å². The summed E-state index contributed by atoms with van der Waals surface area (Å²) in [5, 5.41) is 0. The van der Waals surface area contributed by atoms with Gasteiger partial charge in [0.25, 0.3) is 0 Å². The van der Waals surface area contributed by atoms with Gasteiger partial charge < -0.3 is 9.80 Å². The average Bonchev–Trinajstić information content (AvgIpc) is 2.62. The summed E-state index contributed by atoms with van der Waals surface area (Å²) < 4.78 is 0. The van der Waals surface area contributed by atoms with Crippen LogP contribution in [-0.4, -0.2) is 29.9 Å². The smallest absolute Gasteiger partial charge is 0.210 e. The molecule has 1 atom stereocenters. The summed E-state index contributed by atoms with van der Waals surface area (Å²) in [6, 6.07) is 14.4. The summed E-state index contributed by atoms with van der Waals surface area (Å²) in [6.07, 6.45) is 6.02. The van der Waals surface area contributed by atoms with Crippen molar-refractivity contribution in [2.24, 2.45) is 0 Å². The Morgan fingerprint density at radius 1 is 1.18 bits per heavy atom. The van der Waals surface area contributed by atoms with Crippen LogP contribution in [0.4, 0.5) is 11.5 Å². The van der Waals surface area contributed by atoms with E-state index < -0.39 is 0 Å². The van der Waals surface area contributed by atoms with Crippen molar-refractivity contribution >= 4 is 17.9 Å². The predicted octanol–water partition coefficient (Wildman–Crippen LogP) is 3.53. The molecule has 114 valence electrons. The van der Waals surface area contributed by atoms with E-state index in [2.05, 4.69) is 28.1 Å². The maximum atomic E-state index is 11.4. The molecular formula is C18H21N3O. The zero-order valence-corrected chi connectivity index (χ0v) is 12.9. The lowest BCUT2D eigenvalue weighted by Crippen LogP contribution is -2.33. The van der Waals surface area contributed by atoms with Crippen LogP contribution >= 0.6 is 0 Å². The number of benzene rings is 1. The monoisotopic (exact) mass is 295 g/mol. The third-order valence-corrected chi connectivity index (χ3v) is 4.32. The highest BCUT2D eigenvalue weighted by Crippen LogP contribution is 2.36. The van der Waals surface area contributed by atoms with Gasteiger partial charge in [-0.25, -0.2) is 4.98 Å². The molecule has 0 bridgehead atoms. The minimum atomic E-state index is 0.126. The fourth-order valence-electron chi connectivity index (χ4n) is 3.14. The first-order valence-corrected chi connectivity index (χ1v) is 7.76. The molecule has 0 spiro atoms. The lowest BCUT2D eigenvalue weighted by atomic mass is 9.96. The van der Waals surface area contributed by atoms with Crippen molar-refractivity contribution in [2.45, 2.75) is 25.3 Å². The number of hydrogen-bond donors (Lipinski definition) is 0. The Bertz CT molecular complexity index is 629. The lowest BCUT2D eigenvalue weighted by Gasteiger charge is -2.35. The van der Waals surface area contributed by atoms with Crippen molar-refractivity contribution in [3.8, 4) is 0 Å². The number of hydrogen-bond acceptors (Lipinski definition) is 3. The molecule has 0 saturated carbocycles. The van der Waals surface area contributed by atoms with Crippen molar-refractivity contribution in [2.75, 3.05) is 18.5 Å². The number of nitrogens with zero attached hydrogens (tertiary/aromatic N) is 3. The summed E-state index contributed by atoms with van der Waals surface area (Å²) in [7, 11) is 2.02. The number of anilines is 2. The summed E-state index contributed by atoms with van der Waals surface area (Å²) in [5.41, 5.74) is 2.22. The van der Waals surface area contributed by atoms with Gasteiger partial charge in [-0.3, -0.25) is 4.79 Å². The quantitative estimate of drug-likeness (QED) is 0.810. The van der Waals surface area contributed by atoms with Crippen LogP contribution in [0.2, 0.25) is 0 Å². The molecular weight excluding hydrogens is 274 g/mol. The Morgan fingerprint density at radius 3 is 2.77 bits per heavy atom. The number of likely N-dealkylation sites (tertiary alicyclic amines) is 1. The first-order valence-electron chi connectivity index (χ1n) is 7.76. The molecule has 4 heteroatoms. The molecule has 22 heavy (non-hydrogen) atoms. The van der Waals surface area contributed by atoms with E-state index in [4.69, 9.17) is 0 Å². The van der Waals surface area contributed by atoms with Crippen LogP contribution < -0.4 is 4.90 Å². The molecule has 1 aliphatic rings. The molecule has 0 aliphatic carbocycles. The fourth-order valence-corrected chi connectivity index (χ4v) is 3.14. The second kappa shape index (κ2) is 6.60. The number of piperidine rings is 1.